The van der Waals surface area contributed by atoms with Crippen molar-refractivity contribution in [2.45, 2.75) is 12.5 Å². The number of hydrogen-bond donors (Lipinski definition) is 4. The zero-order chi connectivity index (χ0) is 11.6. The second-order valence-corrected chi connectivity index (χ2v) is 3.86. The molecule has 4 N–H and O–H groups in total. The Morgan fingerprint density at radius 2 is 1.75 bits per heavy atom. The van der Waals surface area contributed by atoms with E-state index in [4.69, 9.17) is 5.11 Å². The molecule has 1 radical (unpaired) electrons. The van der Waals surface area contributed by atoms with E-state index in [1.807, 2.05) is 0 Å². The molecule has 1 aliphatic rings. The van der Waals surface area contributed by atoms with Gasteiger partial charge in [-0.2, -0.15) is 0 Å². The second-order valence-electron chi connectivity index (χ2n) is 3.86. The van der Waals surface area contributed by atoms with Gasteiger partial charge in [0.1, 0.15) is 0 Å². The van der Waals surface area contributed by atoms with Gasteiger partial charge in [-0.25, -0.2) is 5.32 Å². The first-order valence-corrected chi connectivity index (χ1v) is 5.79. The van der Waals surface area contributed by atoms with Crippen LogP contribution in [0.1, 0.15) is 6.42 Å². The second kappa shape index (κ2) is 8.46. The first-order chi connectivity index (χ1) is 7.79. The zero-order valence-corrected chi connectivity index (χ0v) is 9.54. The molecule has 1 rings (SSSR count). The molecule has 6 nitrogen and oxygen atoms in total. The van der Waals surface area contributed by atoms with Gasteiger partial charge in [0.05, 0.1) is 6.42 Å². The molecule has 1 unspecified atom stereocenters. The average Bonchev–Trinajstić information content (AvgIpc) is 2.21. The van der Waals surface area contributed by atoms with Crippen molar-refractivity contribution in [3.63, 3.8) is 0 Å². The van der Waals surface area contributed by atoms with Gasteiger partial charge in [0.25, 0.3) is 0 Å². The Bertz CT molecular complexity index is 189. The molecule has 93 valence electrons. The smallest absolute Gasteiger partial charge is 0.305 e. The van der Waals surface area contributed by atoms with Gasteiger partial charge in [-0.1, -0.05) is 0 Å². The lowest BCUT2D eigenvalue weighted by molar-refractivity contribution is -0.137. The molecule has 0 spiro atoms. The van der Waals surface area contributed by atoms with E-state index in [9.17, 15) is 4.79 Å². The molecule has 0 aliphatic carbocycles. The highest BCUT2D eigenvalue weighted by Crippen LogP contribution is 1.92. The van der Waals surface area contributed by atoms with Crippen LogP contribution in [0.4, 0.5) is 0 Å². The summed E-state index contributed by atoms with van der Waals surface area (Å²) in [6.07, 6.45) is 0.112. The summed E-state index contributed by atoms with van der Waals surface area (Å²) in [4.78, 5) is 10.6. The van der Waals surface area contributed by atoms with Gasteiger partial charge in [0.2, 0.25) is 0 Å². The number of hydrogen-bond acceptors (Lipinski definition) is 4. The third kappa shape index (κ3) is 6.73. The van der Waals surface area contributed by atoms with Crippen molar-refractivity contribution in [1.29, 1.82) is 0 Å². The van der Waals surface area contributed by atoms with Crippen molar-refractivity contribution in [2.75, 3.05) is 45.8 Å². The van der Waals surface area contributed by atoms with E-state index in [1.54, 1.807) is 0 Å². The van der Waals surface area contributed by atoms with E-state index in [1.165, 1.54) is 0 Å². The molecule has 0 bridgehead atoms. The molecule has 1 fully saturated rings. The molecule has 1 atom stereocenters. The largest absolute Gasteiger partial charge is 0.481 e. The molecule has 6 heteroatoms. The molecular weight excluding hydrogens is 208 g/mol. The summed E-state index contributed by atoms with van der Waals surface area (Å²) >= 11 is 0. The minimum absolute atomic E-state index is 0.112. The lowest BCUT2D eigenvalue weighted by atomic mass is 10.2. The monoisotopic (exact) mass is 229 g/mol. The number of rotatable bonds is 2. The minimum Gasteiger partial charge on any atom is -0.481 e. The quantitative estimate of drug-likeness (QED) is 0.449. The third-order valence-corrected chi connectivity index (χ3v) is 2.42. The van der Waals surface area contributed by atoms with Gasteiger partial charge < -0.3 is 21.1 Å². The number of aliphatic carboxylic acids is 1. The van der Waals surface area contributed by atoms with E-state index in [0.29, 0.717) is 13.1 Å². The summed E-state index contributed by atoms with van der Waals surface area (Å²) in [7, 11) is 0. The molecule has 0 aromatic heterocycles. The van der Waals surface area contributed by atoms with Crippen LogP contribution in [0.15, 0.2) is 0 Å². The van der Waals surface area contributed by atoms with Crippen molar-refractivity contribution in [1.82, 2.24) is 21.3 Å². The molecule has 16 heavy (non-hydrogen) atoms. The highest BCUT2D eigenvalue weighted by molar-refractivity contribution is 5.67. The van der Waals surface area contributed by atoms with Crippen LogP contribution in [0.25, 0.3) is 0 Å². The Hall–Kier alpha value is -0.690. The van der Waals surface area contributed by atoms with Crippen LogP contribution in [-0.2, 0) is 4.79 Å². The molecule has 0 amide bonds. The van der Waals surface area contributed by atoms with Gasteiger partial charge in [-0.15, -0.1) is 0 Å². The lowest BCUT2D eigenvalue weighted by Gasteiger charge is -2.17. The van der Waals surface area contributed by atoms with Crippen LogP contribution in [0.5, 0.6) is 0 Å². The Balaban J connectivity index is 2.27. The van der Waals surface area contributed by atoms with E-state index in [2.05, 4.69) is 21.3 Å². The highest BCUT2D eigenvalue weighted by Gasteiger charge is 2.13. The van der Waals surface area contributed by atoms with Gasteiger partial charge in [0.15, 0.2) is 0 Å². The topological polar surface area (TPSA) is 87.5 Å². The van der Waals surface area contributed by atoms with Crippen LogP contribution >= 0.6 is 0 Å². The normalized spacial score (nSPS) is 25.4. The number of nitrogens with one attached hydrogen (secondary N) is 3. The summed E-state index contributed by atoms with van der Waals surface area (Å²) in [5.74, 6) is -0.784. The molecule has 1 aliphatic heterocycles. The van der Waals surface area contributed by atoms with Crippen molar-refractivity contribution < 1.29 is 9.90 Å². The number of carboxylic acid groups (broad SMARTS) is 1. The Kier molecular flexibility index (Phi) is 7.07. The number of nitrogens with zero attached hydrogens (tertiary/aromatic N) is 1. The van der Waals surface area contributed by atoms with Gasteiger partial charge in [-0.05, 0) is 0 Å². The van der Waals surface area contributed by atoms with E-state index in [0.717, 1.165) is 32.7 Å². The third-order valence-electron chi connectivity index (χ3n) is 2.42. The zero-order valence-electron chi connectivity index (χ0n) is 9.54. The summed E-state index contributed by atoms with van der Waals surface area (Å²) in [6.45, 7) is 5.79. The Morgan fingerprint density at radius 3 is 2.44 bits per heavy atom. The van der Waals surface area contributed by atoms with E-state index in [-0.39, 0.29) is 12.5 Å². The average molecular weight is 229 g/mol. The Morgan fingerprint density at radius 1 is 1.12 bits per heavy atom. The molecule has 1 saturated heterocycles. The first-order valence-electron chi connectivity index (χ1n) is 5.79. The SMILES string of the molecule is O=C(O)CC1CNCCNCCNCC[N]1. The standard InChI is InChI=1S/C10H21N4O2/c15-10(16)7-9-8-13-4-3-11-1-2-12-5-6-14-9/h9,11-13H,1-8H2,(H,15,16). The van der Waals surface area contributed by atoms with E-state index >= 15 is 0 Å². The summed E-state index contributed by atoms with van der Waals surface area (Å²) < 4.78 is 0. The fourth-order valence-corrected chi connectivity index (χ4v) is 1.60. The molecule has 0 saturated carbocycles. The van der Waals surface area contributed by atoms with Crippen LogP contribution in [0, 0.1) is 0 Å². The van der Waals surface area contributed by atoms with Crippen LogP contribution in [-0.4, -0.2) is 62.9 Å². The molecular formula is C10H21N4O2. The fraction of sp³-hybridized carbons (Fsp3) is 0.900. The van der Waals surface area contributed by atoms with E-state index < -0.39 is 5.97 Å². The summed E-state index contributed by atoms with van der Waals surface area (Å²) in [5, 5.41) is 22.9. The lowest BCUT2D eigenvalue weighted by Crippen LogP contribution is -2.42. The summed E-state index contributed by atoms with van der Waals surface area (Å²) in [5.41, 5.74) is 0. The predicted octanol–water partition coefficient (Wildman–Crippen LogP) is -1.78. The van der Waals surface area contributed by atoms with Crippen LogP contribution in [0.2, 0.25) is 0 Å². The first kappa shape index (κ1) is 13.4. The van der Waals surface area contributed by atoms with Crippen molar-refractivity contribution in [3.8, 4) is 0 Å². The predicted molar refractivity (Wildman–Crippen MR) is 61.7 cm³/mol. The van der Waals surface area contributed by atoms with Crippen LogP contribution < -0.4 is 21.3 Å². The highest BCUT2D eigenvalue weighted by atomic mass is 16.4. The van der Waals surface area contributed by atoms with Crippen molar-refractivity contribution >= 4 is 5.97 Å². The number of carboxylic acids is 1. The molecule has 1 heterocycles. The maximum absolute atomic E-state index is 10.6. The fourth-order valence-electron chi connectivity index (χ4n) is 1.60. The van der Waals surface area contributed by atoms with Crippen LogP contribution in [0.3, 0.4) is 0 Å². The maximum Gasteiger partial charge on any atom is 0.305 e. The minimum atomic E-state index is -0.784. The van der Waals surface area contributed by atoms with Gasteiger partial charge in [0, 0.05) is 51.9 Å². The van der Waals surface area contributed by atoms with Crippen molar-refractivity contribution in [3.05, 3.63) is 0 Å². The Labute approximate surface area is 96.2 Å². The number of carbonyl (C=O) groups is 1. The molecule has 0 aromatic carbocycles. The summed E-state index contributed by atoms with van der Waals surface area (Å²) in [6, 6.07) is -0.112. The molecule has 0 aromatic rings. The van der Waals surface area contributed by atoms with Gasteiger partial charge >= 0.3 is 5.97 Å². The maximum atomic E-state index is 10.6. The van der Waals surface area contributed by atoms with Gasteiger partial charge in [-0.3, -0.25) is 4.79 Å². The van der Waals surface area contributed by atoms with Crippen molar-refractivity contribution in [2.24, 2.45) is 0 Å².